The maximum Gasteiger partial charge on any atom is 0.306 e. The quantitative estimate of drug-likeness (QED) is 0.622. The summed E-state index contributed by atoms with van der Waals surface area (Å²) in [4.78, 5) is 28.8. The van der Waals surface area contributed by atoms with Crippen LogP contribution >= 0.6 is 0 Å². The minimum absolute atomic E-state index is 0.0218. The van der Waals surface area contributed by atoms with Crippen molar-refractivity contribution in [3.8, 4) is 11.5 Å². The number of esters is 1. The highest BCUT2D eigenvalue weighted by Gasteiger charge is 2.28. The van der Waals surface area contributed by atoms with E-state index in [0.717, 1.165) is 37.6 Å². The van der Waals surface area contributed by atoms with Gasteiger partial charge in [0.15, 0.2) is 5.76 Å². The molecule has 0 bridgehead atoms. The number of piperazine rings is 1. The maximum absolute atomic E-state index is 12.4. The number of ether oxygens (including phenoxy) is 2. The number of aromatic hydroxyl groups is 1. The zero-order chi connectivity index (χ0) is 23.3. The van der Waals surface area contributed by atoms with Crippen molar-refractivity contribution in [3.05, 3.63) is 52.1 Å². The molecule has 1 fully saturated rings. The van der Waals surface area contributed by atoms with Crippen molar-refractivity contribution in [2.75, 3.05) is 45.3 Å². The van der Waals surface area contributed by atoms with E-state index < -0.39 is 23.1 Å². The molecule has 0 amide bonds. The fraction of sp³-hybridized carbons (Fsp3) is 0.500. The topological polar surface area (TPSA) is 92.5 Å². The minimum atomic E-state index is -0.492. The molecule has 1 aromatic heterocycles. The van der Waals surface area contributed by atoms with Gasteiger partial charge in [-0.1, -0.05) is 13.8 Å². The van der Waals surface area contributed by atoms with E-state index in [4.69, 9.17) is 13.9 Å². The predicted molar refractivity (Wildman–Crippen MR) is 121 cm³/mol. The first-order valence-corrected chi connectivity index (χ1v) is 10.9. The highest BCUT2D eigenvalue weighted by molar-refractivity contribution is 5.70. The van der Waals surface area contributed by atoms with Crippen molar-refractivity contribution >= 4 is 11.7 Å². The number of rotatable bonds is 8. The molecule has 1 N–H and O–H groups in total. The summed E-state index contributed by atoms with van der Waals surface area (Å²) < 4.78 is 16.0. The highest BCUT2D eigenvalue weighted by Crippen LogP contribution is 2.33. The molecular weight excluding hydrogens is 412 g/mol. The Labute approximate surface area is 188 Å². The van der Waals surface area contributed by atoms with Crippen molar-refractivity contribution in [1.82, 2.24) is 4.90 Å². The molecule has 1 aliphatic rings. The van der Waals surface area contributed by atoms with E-state index in [1.165, 1.54) is 13.2 Å². The standard InChI is InChI=1S/C24H32N2O6/c1-16(2)20(14-22(28)31-4)24-23(29)21(27)13-19(32-24)15-25-9-11-26(12-10-25)17-5-7-18(30-3)8-6-17/h5-8,13,16,20,29H,9-12,14-15H2,1-4H3. The van der Waals surface area contributed by atoms with Gasteiger partial charge in [0, 0.05) is 43.9 Å². The Balaban J connectivity index is 1.70. The largest absolute Gasteiger partial charge is 0.502 e. The molecule has 1 saturated heterocycles. The van der Waals surface area contributed by atoms with Gasteiger partial charge >= 0.3 is 5.97 Å². The fourth-order valence-corrected chi connectivity index (χ4v) is 3.96. The van der Waals surface area contributed by atoms with E-state index >= 15 is 0 Å². The smallest absolute Gasteiger partial charge is 0.306 e. The van der Waals surface area contributed by atoms with Crippen LogP contribution in [-0.2, 0) is 16.1 Å². The van der Waals surface area contributed by atoms with E-state index in [1.807, 2.05) is 38.1 Å². The first-order chi connectivity index (χ1) is 15.3. The average Bonchev–Trinajstić information content (AvgIpc) is 2.80. The number of nitrogens with zero attached hydrogens (tertiary/aromatic N) is 2. The van der Waals surface area contributed by atoms with E-state index in [-0.39, 0.29) is 18.1 Å². The lowest BCUT2D eigenvalue weighted by Crippen LogP contribution is -2.46. The number of carbonyl (C=O) groups excluding carboxylic acids is 1. The molecular formula is C24H32N2O6. The molecule has 2 heterocycles. The van der Waals surface area contributed by atoms with Crippen molar-refractivity contribution in [2.45, 2.75) is 32.7 Å². The SMILES string of the molecule is COC(=O)CC(c1oc(CN2CCN(c3ccc(OC)cc3)CC2)cc(=O)c1O)C(C)C. The number of hydrogen-bond acceptors (Lipinski definition) is 8. The first-order valence-electron chi connectivity index (χ1n) is 10.9. The van der Waals surface area contributed by atoms with Crippen LogP contribution in [0.4, 0.5) is 5.69 Å². The van der Waals surface area contributed by atoms with Gasteiger partial charge in [-0.3, -0.25) is 14.5 Å². The Morgan fingerprint density at radius 3 is 2.34 bits per heavy atom. The van der Waals surface area contributed by atoms with Gasteiger partial charge in [-0.25, -0.2) is 0 Å². The summed E-state index contributed by atoms with van der Waals surface area (Å²) in [5, 5.41) is 10.3. The van der Waals surface area contributed by atoms with E-state index in [9.17, 15) is 14.7 Å². The van der Waals surface area contributed by atoms with Crippen LogP contribution < -0.4 is 15.1 Å². The van der Waals surface area contributed by atoms with Crippen LogP contribution in [0.1, 0.15) is 37.7 Å². The van der Waals surface area contributed by atoms with Gasteiger partial charge in [0.1, 0.15) is 11.5 Å². The lowest BCUT2D eigenvalue weighted by molar-refractivity contribution is -0.141. The summed E-state index contributed by atoms with van der Waals surface area (Å²) in [7, 11) is 2.97. The molecule has 32 heavy (non-hydrogen) atoms. The van der Waals surface area contributed by atoms with E-state index in [0.29, 0.717) is 12.3 Å². The van der Waals surface area contributed by atoms with Crippen LogP contribution in [0.5, 0.6) is 11.5 Å². The van der Waals surface area contributed by atoms with Crippen molar-refractivity contribution in [1.29, 1.82) is 0 Å². The Kier molecular flexibility index (Phi) is 7.80. The third-order valence-corrected chi connectivity index (χ3v) is 5.94. The van der Waals surface area contributed by atoms with Crippen LogP contribution in [0.3, 0.4) is 0 Å². The summed E-state index contributed by atoms with van der Waals surface area (Å²) in [6.07, 6.45) is 0.0364. The molecule has 1 aromatic carbocycles. The van der Waals surface area contributed by atoms with Gasteiger partial charge in [-0.05, 0) is 30.2 Å². The zero-order valence-electron chi connectivity index (χ0n) is 19.2. The molecule has 8 nitrogen and oxygen atoms in total. The summed E-state index contributed by atoms with van der Waals surface area (Å²) in [5.74, 6) is 0.165. The second-order valence-electron chi connectivity index (χ2n) is 8.38. The summed E-state index contributed by atoms with van der Waals surface area (Å²) >= 11 is 0. The normalized spacial score (nSPS) is 15.6. The Hall–Kier alpha value is -3.00. The number of benzene rings is 1. The molecule has 0 saturated carbocycles. The Morgan fingerprint density at radius 1 is 1.12 bits per heavy atom. The molecule has 1 aliphatic heterocycles. The lowest BCUT2D eigenvalue weighted by atomic mass is 9.89. The van der Waals surface area contributed by atoms with E-state index in [2.05, 4.69) is 9.80 Å². The van der Waals surface area contributed by atoms with Crippen molar-refractivity contribution < 1.29 is 23.8 Å². The molecule has 0 spiro atoms. The summed E-state index contributed by atoms with van der Waals surface area (Å²) in [6.45, 7) is 7.60. The molecule has 174 valence electrons. The van der Waals surface area contributed by atoms with Gasteiger partial charge in [-0.2, -0.15) is 0 Å². The van der Waals surface area contributed by atoms with Crippen LogP contribution in [0.25, 0.3) is 0 Å². The molecule has 0 aliphatic carbocycles. The highest BCUT2D eigenvalue weighted by atomic mass is 16.5. The molecule has 8 heteroatoms. The van der Waals surface area contributed by atoms with Crippen LogP contribution in [0.15, 0.2) is 39.5 Å². The third kappa shape index (κ3) is 5.62. The zero-order valence-corrected chi connectivity index (χ0v) is 19.2. The monoisotopic (exact) mass is 444 g/mol. The molecule has 0 radical (unpaired) electrons. The number of methoxy groups -OCH3 is 2. The Bertz CT molecular complexity index is 961. The fourth-order valence-electron chi connectivity index (χ4n) is 3.96. The minimum Gasteiger partial charge on any atom is -0.502 e. The van der Waals surface area contributed by atoms with Crippen LogP contribution in [0.2, 0.25) is 0 Å². The molecule has 1 atom stereocenters. The Morgan fingerprint density at radius 2 is 1.78 bits per heavy atom. The number of hydrogen-bond donors (Lipinski definition) is 1. The second kappa shape index (κ2) is 10.5. The lowest BCUT2D eigenvalue weighted by Gasteiger charge is -2.36. The first kappa shape index (κ1) is 23.7. The average molecular weight is 445 g/mol. The predicted octanol–water partition coefficient (Wildman–Crippen LogP) is 2.98. The van der Waals surface area contributed by atoms with Gasteiger partial charge in [-0.15, -0.1) is 0 Å². The van der Waals surface area contributed by atoms with Gasteiger partial charge in [0.25, 0.3) is 0 Å². The van der Waals surface area contributed by atoms with Crippen molar-refractivity contribution in [2.24, 2.45) is 5.92 Å². The molecule has 2 aromatic rings. The molecule has 3 rings (SSSR count). The van der Waals surface area contributed by atoms with E-state index in [1.54, 1.807) is 7.11 Å². The molecule has 1 unspecified atom stereocenters. The van der Waals surface area contributed by atoms with Gasteiger partial charge in [0.05, 0.1) is 27.2 Å². The summed E-state index contributed by atoms with van der Waals surface area (Å²) in [6, 6.07) is 9.34. The third-order valence-electron chi connectivity index (χ3n) is 5.94. The van der Waals surface area contributed by atoms with Crippen LogP contribution in [0, 0.1) is 5.92 Å². The maximum atomic E-state index is 12.4. The second-order valence-corrected chi connectivity index (χ2v) is 8.38. The summed E-state index contributed by atoms with van der Waals surface area (Å²) in [5.41, 5.74) is 0.653. The van der Waals surface area contributed by atoms with Gasteiger partial charge < -0.3 is 23.9 Å². The number of anilines is 1. The van der Waals surface area contributed by atoms with Gasteiger partial charge in [0.2, 0.25) is 11.2 Å². The number of carbonyl (C=O) groups is 1. The van der Waals surface area contributed by atoms with Crippen molar-refractivity contribution in [3.63, 3.8) is 0 Å². The van der Waals surface area contributed by atoms with Crippen LogP contribution in [-0.4, -0.2) is 56.4 Å².